The molecular weight excluding hydrogens is 416 g/mol. The van der Waals surface area contributed by atoms with Crippen LogP contribution >= 0.6 is 11.6 Å². The maximum Gasteiger partial charge on any atom is 0.223 e. The van der Waals surface area contributed by atoms with E-state index in [2.05, 4.69) is 21.8 Å². The van der Waals surface area contributed by atoms with Crippen LogP contribution in [0.25, 0.3) is 11.0 Å². The molecule has 1 aliphatic heterocycles. The number of ether oxygens (including phenoxy) is 1. The van der Waals surface area contributed by atoms with Gasteiger partial charge in [-0.15, -0.1) is 11.6 Å². The number of carbonyl (C=O) groups excluding carboxylic acids is 1. The third-order valence-corrected chi connectivity index (χ3v) is 5.49. The molecule has 0 radical (unpaired) electrons. The lowest BCUT2D eigenvalue weighted by Gasteiger charge is -2.16. The summed E-state index contributed by atoms with van der Waals surface area (Å²) in [6, 6.07) is 5.78. The van der Waals surface area contributed by atoms with Crippen LogP contribution in [0.4, 0.5) is 5.82 Å². The van der Waals surface area contributed by atoms with Gasteiger partial charge in [0.15, 0.2) is 5.65 Å². The molecule has 3 heterocycles. The fourth-order valence-electron chi connectivity index (χ4n) is 3.81. The summed E-state index contributed by atoms with van der Waals surface area (Å²) in [5.74, 6) is 7.72. The van der Waals surface area contributed by atoms with Crippen molar-refractivity contribution in [3.63, 3.8) is 0 Å². The quantitative estimate of drug-likeness (QED) is 0.496. The van der Waals surface area contributed by atoms with Crippen molar-refractivity contribution in [2.75, 3.05) is 31.8 Å². The zero-order valence-electron chi connectivity index (χ0n) is 17.4. The number of aryl methyl sites for hydroxylation is 1. The molecule has 31 heavy (non-hydrogen) atoms. The summed E-state index contributed by atoms with van der Waals surface area (Å²) in [6.45, 7) is 3.20. The second kappa shape index (κ2) is 8.82. The third kappa shape index (κ3) is 4.28. The van der Waals surface area contributed by atoms with Gasteiger partial charge in [0.1, 0.15) is 23.6 Å². The summed E-state index contributed by atoms with van der Waals surface area (Å²) in [6.07, 6.45) is 2.53. The van der Waals surface area contributed by atoms with E-state index in [0.717, 1.165) is 23.3 Å². The Labute approximate surface area is 185 Å². The van der Waals surface area contributed by atoms with Crippen LogP contribution in [0.1, 0.15) is 35.7 Å². The molecule has 0 unspecified atom stereocenters. The lowest BCUT2D eigenvalue weighted by molar-refractivity contribution is -0.129. The monoisotopic (exact) mass is 438 g/mol. The predicted molar refractivity (Wildman–Crippen MR) is 119 cm³/mol. The van der Waals surface area contributed by atoms with Crippen molar-refractivity contribution in [3.8, 4) is 17.6 Å². The number of amides is 1. The van der Waals surface area contributed by atoms with Crippen molar-refractivity contribution in [3.05, 3.63) is 41.3 Å². The number of benzene rings is 1. The van der Waals surface area contributed by atoms with Crippen LogP contribution in [-0.2, 0) is 4.79 Å². The number of alkyl halides is 1. The Morgan fingerprint density at radius 3 is 2.94 bits per heavy atom. The molecule has 4 rings (SSSR count). The lowest BCUT2D eigenvalue weighted by Crippen LogP contribution is -2.29. The number of methoxy groups -OCH3 is 1. The van der Waals surface area contributed by atoms with Gasteiger partial charge in [0.05, 0.1) is 18.5 Å². The topological polar surface area (TPSA) is 99.2 Å². The van der Waals surface area contributed by atoms with Gasteiger partial charge < -0.3 is 15.4 Å². The summed E-state index contributed by atoms with van der Waals surface area (Å²) in [5, 5.41) is 5.34. The van der Waals surface area contributed by atoms with E-state index in [0.29, 0.717) is 47.9 Å². The minimum atomic E-state index is -0.00862. The average molecular weight is 439 g/mol. The second-order valence-electron chi connectivity index (χ2n) is 7.46. The van der Waals surface area contributed by atoms with Crippen molar-refractivity contribution in [1.82, 2.24) is 24.6 Å². The molecule has 0 spiro atoms. The van der Waals surface area contributed by atoms with Crippen LogP contribution < -0.4 is 10.5 Å². The third-order valence-electron chi connectivity index (χ3n) is 5.30. The highest BCUT2D eigenvalue weighted by atomic mass is 35.5. The molecule has 1 aromatic carbocycles. The van der Waals surface area contributed by atoms with E-state index in [-0.39, 0.29) is 11.9 Å². The van der Waals surface area contributed by atoms with E-state index in [1.807, 2.05) is 34.7 Å². The van der Waals surface area contributed by atoms with Gasteiger partial charge in [-0.2, -0.15) is 5.10 Å². The molecular formula is C22H23ClN6O2. The number of fused-ring (bicyclic) bond motifs is 1. The standard InChI is InChI=1S/C22H23ClN6O2/c1-14-9-15(11-17(10-14)31-2)3-4-18-20-21(24)25-13-26-22(20)29(27-18)16-6-8-28(12-16)19(30)5-7-23/h9-11,13,16H,5-8,12H2,1-2H3,(H2,24,25,26)/t16-/m0/s1. The number of nitrogen functional groups attached to an aromatic ring is 1. The number of hydrogen-bond acceptors (Lipinski definition) is 6. The number of aromatic nitrogens is 4. The Kier molecular flexibility index (Phi) is 5.96. The highest BCUT2D eigenvalue weighted by molar-refractivity contribution is 6.18. The zero-order chi connectivity index (χ0) is 22.0. The predicted octanol–water partition coefficient (Wildman–Crippen LogP) is 2.53. The van der Waals surface area contributed by atoms with Crippen LogP contribution in [-0.4, -0.2) is 56.6 Å². The van der Waals surface area contributed by atoms with Gasteiger partial charge in [-0.05, 0) is 43.0 Å². The minimum Gasteiger partial charge on any atom is -0.497 e. The van der Waals surface area contributed by atoms with E-state index in [1.54, 1.807) is 7.11 Å². The molecule has 2 N–H and O–H groups in total. The molecule has 8 nitrogen and oxygen atoms in total. The number of hydrogen-bond donors (Lipinski definition) is 1. The van der Waals surface area contributed by atoms with Crippen LogP contribution in [0.5, 0.6) is 5.75 Å². The van der Waals surface area contributed by atoms with Gasteiger partial charge in [-0.3, -0.25) is 4.79 Å². The van der Waals surface area contributed by atoms with Crippen molar-refractivity contribution < 1.29 is 9.53 Å². The molecule has 1 atom stereocenters. The van der Waals surface area contributed by atoms with Crippen LogP contribution in [0.2, 0.25) is 0 Å². The molecule has 1 saturated heterocycles. The van der Waals surface area contributed by atoms with Gasteiger partial charge >= 0.3 is 0 Å². The lowest BCUT2D eigenvalue weighted by atomic mass is 10.1. The number of rotatable bonds is 4. The largest absolute Gasteiger partial charge is 0.497 e. The van der Waals surface area contributed by atoms with Crippen LogP contribution in [0, 0.1) is 18.8 Å². The highest BCUT2D eigenvalue weighted by Crippen LogP contribution is 2.28. The molecule has 3 aromatic rings. The van der Waals surface area contributed by atoms with E-state index < -0.39 is 0 Å². The van der Waals surface area contributed by atoms with Gasteiger partial charge in [0, 0.05) is 31.0 Å². The summed E-state index contributed by atoms with van der Waals surface area (Å²) in [5.41, 5.74) is 9.15. The zero-order valence-corrected chi connectivity index (χ0v) is 18.2. The molecule has 1 amide bonds. The van der Waals surface area contributed by atoms with Gasteiger partial charge in [-0.25, -0.2) is 14.6 Å². The second-order valence-corrected chi connectivity index (χ2v) is 7.84. The number of anilines is 1. The molecule has 160 valence electrons. The maximum atomic E-state index is 12.2. The van der Waals surface area contributed by atoms with E-state index in [4.69, 9.17) is 27.2 Å². The molecule has 1 fully saturated rings. The van der Waals surface area contributed by atoms with E-state index >= 15 is 0 Å². The first kappa shape index (κ1) is 20.9. The van der Waals surface area contributed by atoms with E-state index in [9.17, 15) is 4.79 Å². The first-order valence-corrected chi connectivity index (χ1v) is 10.5. The number of likely N-dealkylation sites (tertiary alicyclic amines) is 1. The number of halogens is 1. The van der Waals surface area contributed by atoms with Crippen molar-refractivity contribution >= 4 is 34.4 Å². The highest BCUT2D eigenvalue weighted by Gasteiger charge is 2.30. The van der Waals surface area contributed by atoms with Crippen molar-refractivity contribution in [1.29, 1.82) is 0 Å². The Morgan fingerprint density at radius 2 is 2.16 bits per heavy atom. The van der Waals surface area contributed by atoms with Crippen LogP contribution in [0.15, 0.2) is 24.5 Å². The van der Waals surface area contributed by atoms with Gasteiger partial charge in [-0.1, -0.05) is 5.92 Å². The normalized spacial score (nSPS) is 15.7. The Bertz CT molecular complexity index is 1200. The maximum absolute atomic E-state index is 12.2. The summed E-state index contributed by atoms with van der Waals surface area (Å²) < 4.78 is 7.15. The number of carbonyl (C=O) groups is 1. The molecule has 9 heteroatoms. The molecule has 0 saturated carbocycles. The summed E-state index contributed by atoms with van der Waals surface area (Å²) in [4.78, 5) is 22.6. The summed E-state index contributed by atoms with van der Waals surface area (Å²) >= 11 is 5.72. The van der Waals surface area contributed by atoms with Gasteiger partial charge in [0.2, 0.25) is 5.91 Å². The molecule has 1 aliphatic rings. The molecule has 0 aliphatic carbocycles. The number of nitrogens with zero attached hydrogens (tertiary/aromatic N) is 5. The Hall–Kier alpha value is -3.31. The average Bonchev–Trinajstić information content (AvgIpc) is 3.38. The van der Waals surface area contributed by atoms with Gasteiger partial charge in [0.25, 0.3) is 0 Å². The fraction of sp³-hybridized carbons (Fsp3) is 0.364. The molecule has 0 bridgehead atoms. The van der Waals surface area contributed by atoms with Crippen LogP contribution in [0.3, 0.4) is 0 Å². The van der Waals surface area contributed by atoms with E-state index in [1.165, 1.54) is 6.33 Å². The van der Waals surface area contributed by atoms with Crippen molar-refractivity contribution in [2.45, 2.75) is 25.8 Å². The SMILES string of the molecule is COc1cc(C)cc(C#Cc2nn([C@H]3CCN(C(=O)CCCl)C3)c3ncnc(N)c23)c1. The summed E-state index contributed by atoms with van der Waals surface area (Å²) in [7, 11) is 1.63. The Morgan fingerprint density at radius 1 is 1.32 bits per heavy atom. The first-order chi connectivity index (χ1) is 15.0. The smallest absolute Gasteiger partial charge is 0.223 e. The fourth-order valence-corrected chi connectivity index (χ4v) is 3.98. The Balaban J connectivity index is 1.71. The number of nitrogens with two attached hydrogens (primary N) is 1. The first-order valence-electron chi connectivity index (χ1n) is 10.00. The molecule has 2 aromatic heterocycles. The van der Waals surface area contributed by atoms with Crippen molar-refractivity contribution in [2.24, 2.45) is 0 Å². The minimum absolute atomic E-state index is 0.00862.